The minimum absolute atomic E-state index is 0.0513. The number of thiazole rings is 1. The normalized spacial score (nSPS) is 11.9. The van der Waals surface area contributed by atoms with Crippen LogP contribution in [-0.2, 0) is 4.79 Å². The van der Waals surface area contributed by atoms with Crippen LogP contribution in [0.15, 0.2) is 9.98 Å². The van der Waals surface area contributed by atoms with Gasteiger partial charge in [0, 0.05) is 13.0 Å². The molecule has 1 aromatic heterocycles. The lowest BCUT2D eigenvalue weighted by Crippen LogP contribution is -2.43. The second-order valence-electron chi connectivity index (χ2n) is 2.97. The number of aliphatic hydroxyl groups is 1. The third-order valence-corrected chi connectivity index (χ3v) is 3.11. The Hall–Kier alpha value is -1.19. The van der Waals surface area contributed by atoms with E-state index in [0.29, 0.717) is 5.13 Å². The zero-order valence-electron chi connectivity index (χ0n) is 8.51. The monoisotopic (exact) mass is 323 g/mol. The van der Waals surface area contributed by atoms with E-state index in [1.165, 1.54) is 17.5 Å². The third-order valence-electron chi connectivity index (χ3n) is 1.72. The zero-order valence-corrected chi connectivity index (χ0v) is 10.9. The minimum atomic E-state index is -1.20. The third kappa shape index (κ3) is 4.67. The summed E-state index contributed by atoms with van der Waals surface area (Å²) in [6.45, 7) is -0.319. The molecule has 9 heteroatoms. The number of halogens is 1. The van der Waals surface area contributed by atoms with Crippen molar-refractivity contribution in [1.29, 1.82) is 0 Å². The SMILES string of the molecule is O=C(Nc1ncc(Br)s1)N[C@H](CCO)C(=O)O. The lowest BCUT2D eigenvalue weighted by Gasteiger charge is -2.12. The Labute approximate surface area is 109 Å². The fourth-order valence-corrected chi connectivity index (χ4v) is 2.09. The van der Waals surface area contributed by atoms with Gasteiger partial charge >= 0.3 is 12.0 Å². The van der Waals surface area contributed by atoms with Crippen LogP contribution in [0.5, 0.6) is 0 Å². The highest BCUT2D eigenvalue weighted by Gasteiger charge is 2.19. The van der Waals surface area contributed by atoms with Gasteiger partial charge in [-0.15, -0.1) is 0 Å². The molecule has 94 valence electrons. The molecule has 7 nitrogen and oxygen atoms in total. The molecule has 1 rings (SSSR count). The van der Waals surface area contributed by atoms with E-state index in [0.717, 1.165) is 3.79 Å². The number of carboxylic acid groups (broad SMARTS) is 1. The Morgan fingerprint density at radius 2 is 2.29 bits per heavy atom. The molecule has 0 saturated carbocycles. The molecule has 0 aliphatic rings. The maximum Gasteiger partial charge on any atom is 0.326 e. The largest absolute Gasteiger partial charge is 0.480 e. The van der Waals surface area contributed by atoms with E-state index in [4.69, 9.17) is 10.2 Å². The Morgan fingerprint density at radius 3 is 2.76 bits per heavy atom. The molecule has 0 bridgehead atoms. The Bertz CT molecular complexity index is 411. The molecule has 0 aromatic carbocycles. The summed E-state index contributed by atoms with van der Waals surface area (Å²) in [6, 6.07) is -1.80. The molecule has 0 saturated heterocycles. The number of hydrogen-bond donors (Lipinski definition) is 4. The van der Waals surface area contributed by atoms with Crippen molar-refractivity contribution in [2.24, 2.45) is 0 Å². The summed E-state index contributed by atoms with van der Waals surface area (Å²) >= 11 is 4.38. The van der Waals surface area contributed by atoms with E-state index >= 15 is 0 Å². The average molecular weight is 324 g/mol. The minimum Gasteiger partial charge on any atom is -0.480 e. The molecule has 0 aliphatic heterocycles. The summed E-state index contributed by atoms with van der Waals surface area (Å²) < 4.78 is 0.748. The number of nitrogens with zero attached hydrogens (tertiary/aromatic N) is 1. The molecule has 0 aliphatic carbocycles. The predicted molar refractivity (Wildman–Crippen MR) is 65.1 cm³/mol. The predicted octanol–water partition coefficient (Wildman–Crippen LogP) is 0.863. The number of amides is 2. The van der Waals surface area contributed by atoms with Crippen LogP contribution in [0.25, 0.3) is 0 Å². The highest BCUT2D eigenvalue weighted by Crippen LogP contribution is 2.22. The molecule has 0 unspecified atom stereocenters. The highest BCUT2D eigenvalue weighted by atomic mass is 79.9. The number of aromatic nitrogens is 1. The molecule has 0 fully saturated rings. The number of hydrogen-bond acceptors (Lipinski definition) is 5. The molecule has 1 aromatic rings. The first-order chi connectivity index (χ1) is 8.02. The molecule has 1 heterocycles. The van der Waals surface area contributed by atoms with Crippen molar-refractivity contribution in [2.45, 2.75) is 12.5 Å². The molecule has 0 radical (unpaired) electrons. The topological polar surface area (TPSA) is 112 Å². The maximum absolute atomic E-state index is 11.4. The molecule has 4 N–H and O–H groups in total. The summed E-state index contributed by atoms with van der Waals surface area (Å²) in [5, 5.41) is 22.3. The second-order valence-corrected chi connectivity index (χ2v) is 5.38. The van der Waals surface area contributed by atoms with Gasteiger partial charge in [0.15, 0.2) is 5.13 Å². The van der Waals surface area contributed by atoms with Gasteiger partial charge in [-0.3, -0.25) is 5.32 Å². The van der Waals surface area contributed by atoms with Crippen molar-refractivity contribution in [3.63, 3.8) is 0 Å². The van der Waals surface area contributed by atoms with E-state index in [-0.39, 0.29) is 13.0 Å². The first-order valence-corrected chi connectivity index (χ1v) is 6.16. The number of urea groups is 1. The molecule has 17 heavy (non-hydrogen) atoms. The number of nitrogens with one attached hydrogen (secondary N) is 2. The zero-order chi connectivity index (χ0) is 12.8. The van der Waals surface area contributed by atoms with E-state index in [2.05, 4.69) is 31.5 Å². The lowest BCUT2D eigenvalue weighted by molar-refractivity contribution is -0.139. The van der Waals surface area contributed by atoms with Gasteiger partial charge in [-0.25, -0.2) is 14.6 Å². The smallest absolute Gasteiger partial charge is 0.326 e. The van der Waals surface area contributed by atoms with E-state index < -0.39 is 18.0 Å². The van der Waals surface area contributed by atoms with Gasteiger partial charge in [0.1, 0.15) is 6.04 Å². The first kappa shape index (κ1) is 13.9. The van der Waals surface area contributed by atoms with Crippen LogP contribution in [0.3, 0.4) is 0 Å². The van der Waals surface area contributed by atoms with Gasteiger partial charge in [-0.1, -0.05) is 11.3 Å². The highest BCUT2D eigenvalue weighted by molar-refractivity contribution is 9.11. The van der Waals surface area contributed by atoms with Crippen LogP contribution in [-0.4, -0.2) is 39.8 Å². The summed E-state index contributed by atoms with van der Waals surface area (Å²) in [4.78, 5) is 26.0. The number of aliphatic hydroxyl groups excluding tert-OH is 1. The van der Waals surface area contributed by atoms with E-state index in [1.54, 1.807) is 0 Å². The summed E-state index contributed by atoms with van der Waals surface area (Å²) in [5.41, 5.74) is 0. The number of carboxylic acids is 1. The number of carbonyl (C=O) groups is 2. The van der Waals surface area contributed by atoms with Gasteiger partial charge in [-0.2, -0.15) is 0 Å². The van der Waals surface area contributed by atoms with Crippen molar-refractivity contribution in [3.05, 3.63) is 9.98 Å². The first-order valence-electron chi connectivity index (χ1n) is 4.55. The van der Waals surface area contributed by atoms with Crippen LogP contribution in [0.2, 0.25) is 0 Å². The van der Waals surface area contributed by atoms with Gasteiger partial charge in [0.2, 0.25) is 0 Å². The number of aliphatic carboxylic acids is 1. The fourth-order valence-electron chi connectivity index (χ4n) is 0.990. The maximum atomic E-state index is 11.4. The van der Waals surface area contributed by atoms with Crippen LogP contribution in [0, 0.1) is 0 Å². The molecular formula is C8H10BrN3O4S. The molecule has 0 spiro atoms. The van der Waals surface area contributed by atoms with Gasteiger partial charge in [0.05, 0.1) is 9.98 Å². The Morgan fingerprint density at radius 1 is 1.59 bits per heavy atom. The van der Waals surface area contributed by atoms with Crippen LogP contribution in [0.4, 0.5) is 9.93 Å². The van der Waals surface area contributed by atoms with Gasteiger partial charge in [-0.05, 0) is 15.9 Å². The van der Waals surface area contributed by atoms with Crippen LogP contribution < -0.4 is 10.6 Å². The second kappa shape index (κ2) is 6.52. The number of anilines is 1. The van der Waals surface area contributed by atoms with Crippen molar-refractivity contribution in [2.75, 3.05) is 11.9 Å². The standard InChI is InChI=1S/C8H10BrN3O4S/c9-5-3-10-8(17-5)12-7(16)11-4(1-2-13)6(14)15/h3-4,13H,1-2H2,(H,14,15)(H2,10,11,12,16)/t4-/m1/s1. The summed E-state index contributed by atoms with van der Waals surface area (Å²) in [5.74, 6) is -1.20. The molecule has 2 amide bonds. The van der Waals surface area contributed by atoms with Crippen LogP contribution in [0.1, 0.15) is 6.42 Å². The van der Waals surface area contributed by atoms with E-state index in [1.807, 2.05) is 0 Å². The van der Waals surface area contributed by atoms with Crippen LogP contribution >= 0.6 is 27.3 Å². The number of carbonyl (C=O) groups excluding carboxylic acids is 1. The van der Waals surface area contributed by atoms with Gasteiger partial charge < -0.3 is 15.5 Å². The van der Waals surface area contributed by atoms with E-state index in [9.17, 15) is 9.59 Å². The molecule has 1 atom stereocenters. The Kier molecular flexibility index (Phi) is 5.32. The number of rotatable bonds is 5. The van der Waals surface area contributed by atoms with Crippen molar-refractivity contribution in [1.82, 2.24) is 10.3 Å². The lowest BCUT2D eigenvalue weighted by atomic mass is 10.2. The van der Waals surface area contributed by atoms with Crippen molar-refractivity contribution in [3.8, 4) is 0 Å². The quantitative estimate of drug-likeness (QED) is 0.642. The Balaban J connectivity index is 2.50. The summed E-state index contributed by atoms with van der Waals surface area (Å²) in [6.07, 6.45) is 1.47. The fraction of sp³-hybridized carbons (Fsp3) is 0.375. The van der Waals surface area contributed by atoms with Crippen molar-refractivity contribution >= 4 is 44.4 Å². The average Bonchev–Trinajstić information content (AvgIpc) is 2.63. The molecular weight excluding hydrogens is 314 g/mol. The van der Waals surface area contributed by atoms with Gasteiger partial charge in [0.25, 0.3) is 0 Å². The van der Waals surface area contributed by atoms with Crippen molar-refractivity contribution < 1.29 is 19.8 Å². The summed E-state index contributed by atoms with van der Waals surface area (Å²) in [7, 11) is 0.